The number of ether oxygens (including phenoxy) is 1. The van der Waals surface area contributed by atoms with Crippen molar-refractivity contribution in [3.63, 3.8) is 0 Å². The van der Waals surface area contributed by atoms with E-state index in [9.17, 15) is 9.59 Å². The van der Waals surface area contributed by atoms with Crippen LogP contribution in [0.25, 0.3) is 5.69 Å². The van der Waals surface area contributed by atoms with Gasteiger partial charge in [0.1, 0.15) is 5.56 Å². The lowest BCUT2D eigenvalue weighted by molar-refractivity contribution is 0.0523. The molecular weight excluding hydrogens is 324 g/mol. The van der Waals surface area contributed by atoms with Crippen molar-refractivity contribution in [2.75, 3.05) is 6.61 Å². The van der Waals surface area contributed by atoms with Crippen molar-refractivity contribution >= 4 is 21.9 Å². The van der Waals surface area contributed by atoms with Crippen molar-refractivity contribution < 1.29 is 9.53 Å². The number of pyridine rings is 2. The van der Waals surface area contributed by atoms with Gasteiger partial charge in [-0.25, -0.2) is 4.79 Å². The van der Waals surface area contributed by atoms with Crippen LogP contribution in [0, 0.1) is 6.92 Å². The van der Waals surface area contributed by atoms with Crippen molar-refractivity contribution in [2.24, 2.45) is 0 Å². The fourth-order valence-corrected chi connectivity index (χ4v) is 2.23. The van der Waals surface area contributed by atoms with Gasteiger partial charge in [0, 0.05) is 16.4 Å². The van der Waals surface area contributed by atoms with Gasteiger partial charge in [-0.15, -0.1) is 0 Å². The third-order valence-electron chi connectivity index (χ3n) is 2.79. The molecule has 20 heavy (non-hydrogen) atoms. The molecule has 0 radical (unpaired) electrons. The van der Waals surface area contributed by atoms with E-state index in [0.29, 0.717) is 15.9 Å². The summed E-state index contributed by atoms with van der Waals surface area (Å²) in [5.41, 5.74) is 0.864. The Morgan fingerprint density at radius 2 is 2.25 bits per heavy atom. The van der Waals surface area contributed by atoms with E-state index in [0.717, 1.165) is 0 Å². The van der Waals surface area contributed by atoms with Gasteiger partial charge in [0.05, 0.1) is 18.5 Å². The Labute approximate surface area is 124 Å². The third kappa shape index (κ3) is 2.65. The van der Waals surface area contributed by atoms with E-state index in [-0.39, 0.29) is 12.2 Å². The molecular formula is C14H13BrN2O3. The second kappa shape index (κ2) is 6.00. The van der Waals surface area contributed by atoms with Gasteiger partial charge in [-0.2, -0.15) is 0 Å². The van der Waals surface area contributed by atoms with Crippen molar-refractivity contribution in [3.05, 3.63) is 56.7 Å². The summed E-state index contributed by atoms with van der Waals surface area (Å²) in [6.07, 6.45) is 3.18. The highest BCUT2D eigenvalue weighted by Gasteiger charge is 2.18. The normalized spacial score (nSPS) is 10.3. The van der Waals surface area contributed by atoms with E-state index in [2.05, 4.69) is 20.9 Å². The second-order valence-electron chi connectivity index (χ2n) is 4.06. The molecule has 2 heterocycles. The Balaban J connectivity index is 2.69. The zero-order valence-corrected chi connectivity index (χ0v) is 12.7. The fraction of sp³-hybridized carbons (Fsp3) is 0.214. The molecule has 0 amide bonds. The molecule has 0 aliphatic heterocycles. The Morgan fingerprint density at radius 3 is 2.85 bits per heavy atom. The van der Waals surface area contributed by atoms with Crippen molar-refractivity contribution in [1.29, 1.82) is 0 Å². The summed E-state index contributed by atoms with van der Waals surface area (Å²) in [4.78, 5) is 28.3. The number of nitrogens with zero attached hydrogens (tertiary/aromatic N) is 2. The Hall–Kier alpha value is -1.95. The number of hydrogen-bond donors (Lipinski definition) is 0. The Bertz CT molecular complexity index is 696. The van der Waals surface area contributed by atoms with E-state index >= 15 is 0 Å². The highest BCUT2D eigenvalue weighted by molar-refractivity contribution is 9.10. The average Bonchev–Trinajstić information content (AvgIpc) is 2.44. The quantitative estimate of drug-likeness (QED) is 0.808. The number of hydrogen-bond acceptors (Lipinski definition) is 4. The highest BCUT2D eigenvalue weighted by atomic mass is 79.9. The molecule has 0 aromatic carbocycles. The first-order valence-electron chi connectivity index (χ1n) is 6.06. The van der Waals surface area contributed by atoms with Gasteiger partial charge in [-0.3, -0.25) is 14.3 Å². The summed E-state index contributed by atoms with van der Waals surface area (Å²) in [5, 5.41) is 0. The molecule has 6 heteroatoms. The number of carbonyl (C=O) groups is 1. The minimum Gasteiger partial charge on any atom is -0.462 e. The fourth-order valence-electron chi connectivity index (χ4n) is 1.82. The zero-order chi connectivity index (χ0) is 14.7. The lowest BCUT2D eigenvalue weighted by Gasteiger charge is -2.13. The van der Waals surface area contributed by atoms with Gasteiger partial charge in [0.2, 0.25) is 0 Å². The van der Waals surface area contributed by atoms with Crippen LogP contribution in [-0.2, 0) is 4.74 Å². The first kappa shape index (κ1) is 14.5. The molecule has 5 nitrogen and oxygen atoms in total. The predicted molar refractivity (Wildman–Crippen MR) is 78.2 cm³/mol. The van der Waals surface area contributed by atoms with E-state index in [1.807, 2.05) is 0 Å². The minimum atomic E-state index is -0.629. The maximum Gasteiger partial charge on any atom is 0.343 e. The summed E-state index contributed by atoms with van der Waals surface area (Å²) in [6, 6.07) is 4.97. The van der Waals surface area contributed by atoms with Gasteiger partial charge in [0.15, 0.2) is 0 Å². The summed E-state index contributed by atoms with van der Waals surface area (Å²) in [7, 11) is 0. The summed E-state index contributed by atoms with van der Waals surface area (Å²) >= 11 is 3.36. The average molecular weight is 337 g/mol. The van der Waals surface area contributed by atoms with Gasteiger partial charge in [0.25, 0.3) is 5.56 Å². The van der Waals surface area contributed by atoms with Gasteiger partial charge in [-0.05, 0) is 48.0 Å². The molecule has 0 aliphatic rings. The molecule has 2 aromatic heterocycles. The van der Waals surface area contributed by atoms with E-state index in [1.165, 1.54) is 10.6 Å². The SMILES string of the molecule is CCOC(=O)c1cc(Br)c(C)n(-c2cccnc2)c1=O. The van der Waals surface area contributed by atoms with Crippen LogP contribution in [0.2, 0.25) is 0 Å². The Kier molecular flexibility index (Phi) is 4.34. The molecule has 2 rings (SSSR count). The minimum absolute atomic E-state index is 0.00632. The number of carbonyl (C=O) groups excluding carboxylic acids is 1. The van der Waals surface area contributed by atoms with Crippen molar-refractivity contribution in [2.45, 2.75) is 13.8 Å². The molecule has 0 bridgehead atoms. The predicted octanol–water partition coefficient (Wildman–Crippen LogP) is 2.48. The number of halogens is 1. The molecule has 0 spiro atoms. The lowest BCUT2D eigenvalue weighted by atomic mass is 10.2. The zero-order valence-electron chi connectivity index (χ0n) is 11.1. The molecule has 0 atom stereocenters. The largest absolute Gasteiger partial charge is 0.462 e. The van der Waals surface area contributed by atoms with Crippen molar-refractivity contribution in [1.82, 2.24) is 9.55 Å². The van der Waals surface area contributed by atoms with Gasteiger partial charge >= 0.3 is 5.97 Å². The molecule has 0 aliphatic carbocycles. The number of esters is 1. The standard InChI is InChI=1S/C14H13BrN2O3/c1-3-20-14(19)11-7-12(15)9(2)17(13(11)18)10-5-4-6-16-8-10/h4-8H,3H2,1-2H3. The van der Waals surface area contributed by atoms with E-state index in [4.69, 9.17) is 4.74 Å². The van der Waals surface area contributed by atoms with E-state index < -0.39 is 11.5 Å². The monoisotopic (exact) mass is 336 g/mol. The number of rotatable bonds is 3. The smallest absolute Gasteiger partial charge is 0.343 e. The van der Waals surface area contributed by atoms with Crippen LogP contribution in [0.15, 0.2) is 39.9 Å². The van der Waals surface area contributed by atoms with Crippen LogP contribution in [0.4, 0.5) is 0 Å². The van der Waals surface area contributed by atoms with Gasteiger partial charge in [-0.1, -0.05) is 0 Å². The molecule has 0 saturated heterocycles. The highest BCUT2D eigenvalue weighted by Crippen LogP contribution is 2.18. The topological polar surface area (TPSA) is 61.2 Å². The summed E-state index contributed by atoms with van der Waals surface area (Å²) in [6.45, 7) is 3.70. The van der Waals surface area contributed by atoms with Crippen LogP contribution >= 0.6 is 15.9 Å². The van der Waals surface area contributed by atoms with E-state index in [1.54, 1.807) is 38.4 Å². The molecule has 2 aromatic rings. The Morgan fingerprint density at radius 1 is 1.50 bits per heavy atom. The van der Waals surface area contributed by atoms with Crippen molar-refractivity contribution in [3.8, 4) is 5.69 Å². The third-order valence-corrected chi connectivity index (χ3v) is 3.59. The van der Waals surface area contributed by atoms with Gasteiger partial charge < -0.3 is 4.74 Å². The molecule has 0 saturated carbocycles. The summed E-state index contributed by atoms with van der Waals surface area (Å²) < 4.78 is 7.00. The first-order valence-corrected chi connectivity index (χ1v) is 6.85. The maximum atomic E-state index is 12.5. The molecule has 0 fully saturated rings. The maximum absolute atomic E-state index is 12.5. The molecule has 0 N–H and O–H groups in total. The molecule has 104 valence electrons. The second-order valence-corrected chi connectivity index (χ2v) is 4.92. The van der Waals surface area contributed by atoms with Crippen LogP contribution in [0.5, 0.6) is 0 Å². The first-order chi connectivity index (χ1) is 9.56. The van der Waals surface area contributed by atoms with Crippen LogP contribution in [0.3, 0.4) is 0 Å². The van der Waals surface area contributed by atoms with Crippen LogP contribution in [-0.4, -0.2) is 22.1 Å². The van der Waals surface area contributed by atoms with Crippen LogP contribution in [0.1, 0.15) is 23.0 Å². The lowest BCUT2D eigenvalue weighted by Crippen LogP contribution is -2.28. The summed E-state index contributed by atoms with van der Waals surface area (Å²) in [5.74, 6) is -0.629. The number of aromatic nitrogens is 2. The molecule has 0 unspecified atom stereocenters. The van der Waals surface area contributed by atoms with Crippen LogP contribution < -0.4 is 5.56 Å².